The Kier molecular flexibility index (Phi) is 4.27. The molecule has 2 atom stereocenters. The molecule has 0 saturated carbocycles. The Labute approximate surface area is 113 Å². The lowest BCUT2D eigenvalue weighted by Gasteiger charge is -2.32. The van der Waals surface area contributed by atoms with Crippen LogP contribution in [0.3, 0.4) is 0 Å². The van der Waals surface area contributed by atoms with E-state index in [0.29, 0.717) is 5.56 Å². The molecule has 1 aliphatic heterocycles. The van der Waals surface area contributed by atoms with E-state index in [-0.39, 0.29) is 24.1 Å². The zero-order chi connectivity index (χ0) is 13.8. The molecule has 0 aromatic heterocycles. The Morgan fingerprint density at radius 3 is 2.37 bits per heavy atom. The molecule has 1 fully saturated rings. The number of rotatable bonds is 3. The molecule has 0 amide bonds. The van der Waals surface area contributed by atoms with Crippen LogP contribution in [0.15, 0.2) is 29.4 Å². The zero-order valence-electron chi connectivity index (χ0n) is 11.2. The molecule has 2 rings (SSSR count). The highest BCUT2D eigenvalue weighted by molar-refractivity contribution is 5.97. The van der Waals surface area contributed by atoms with E-state index < -0.39 is 0 Å². The SMILES string of the molecule is CC1CC(Oc2ccc(/C(N)=N/O)cc2)CC(C)O1. The molecule has 3 N–H and O–H groups in total. The van der Waals surface area contributed by atoms with E-state index in [1.165, 1.54) is 0 Å². The van der Waals surface area contributed by atoms with E-state index in [4.69, 9.17) is 20.4 Å². The molecule has 0 aliphatic carbocycles. The molecular formula is C14H20N2O3. The van der Waals surface area contributed by atoms with Crippen molar-refractivity contribution in [2.75, 3.05) is 0 Å². The second-order valence-corrected chi connectivity index (χ2v) is 4.98. The minimum Gasteiger partial charge on any atom is -0.490 e. The van der Waals surface area contributed by atoms with E-state index in [9.17, 15) is 0 Å². The predicted molar refractivity (Wildman–Crippen MR) is 72.6 cm³/mol. The van der Waals surface area contributed by atoms with Gasteiger partial charge in [-0.1, -0.05) is 5.16 Å². The van der Waals surface area contributed by atoms with Crippen molar-refractivity contribution in [3.8, 4) is 5.75 Å². The van der Waals surface area contributed by atoms with Gasteiger partial charge < -0.3 is 20.4 Å². The van der Waals surface area contributed by atoms with Crippen LogP contribution in [0.4, 0.5) is 0 Å². The fourth-order valence-electron chi connectivity index (χ4n) is 2.40. The van der Waals surface area contributed by atoms with E-state index in [2.05, 4.69) is 19.0 Å². The van der Waals surface area contributed by atoms with Crippen LogP contribution in [-0.4, -0.2) is 29.4 Å². The Morgan fingerprint density at radius 1 is 1.26 bits per heavy atom. The minimum absolute atomic E-state index is 0.0971. The molecule has 0 radical (unpaired) electrons. The molecule has 19 heavy (non-hydrogen) atoms. The first kappa shape index (κ1) is 13.7. The van der Waals surface area contributed by atoms with Gasteiger partial charge in [0.2, 0.25) is 0 Å². The largest absolute Gasteiger partial charge is 0.490 e. The number of oxime groups is 1. The van der Waals surface area contributed by atoms with Gasteiger partial charge >= 0.3 is 0 Å². The molecule has 0 spiro atoms. The molecule has 5 nitrogen and oxygen atoms in total. The second kappa shape index (κ2) is 5.93. The summed E-state index contributed by atoms with van der Waals surface area (Å²) in [5.74, 6) is 0.889. The van der Waals surface area contributed by atoms with Gasteiger partial charge in [-0.25, -0.2) is 0 Å². The molecule has 104 valence electrons. The van der Waals surface area contributed by atoms with Crippen molar-refractivity contribution in [2.24, 2.45) is 10.9 Å². The van der Waals surface area contributed by atoms with Crippen LogP contribution in [0.1, 0.15) is 32.3 Å². The van der Waals surface area contributed by atoms with Crippen molar-refractivity contribution in [3.05, 3.63) is 29.8 Å². The van der Waals surface area contributed by atoms with Crippen molar-refractivity contribution >= 4 is 5.84 Å². The van der Waals surface area contributed by atoms with Crippen LogP contribution >= 0.6 is 0 Å². The van der Waals surface area contributed by atoms with Crippen LogP contribution in [-0.2, 0) is 4.74 Å². The normalized spacial score (nSPS) is 28.1. The first-order valence-electron chi connectivity index (χ1n) is 6.48. The van der Waals surface area contributed by atoms with Gasteiger partial charge in [-0.15, -0.1) is 0 Å². The minimum atomic E-state index is 0.0971. The van der Waals surface area contributed by atoms with Crippen LogP contribution < -0.4 is 10.5 Å². The van der Waals surface area contributed by atoms with Crippen LogP contribution in [0.25, 0.3) is 0 Å². The van der Waals surface area contributed by atoms with Crippen molar-refractivity contribution in [2.45, 2.75) is 45.0 Å². The van der Waals surface area contributed by atoms with E-state index in [1.54, 1.807) is 12.1 Å². The van der Waals surface area contributed by atoms with Gasteiger partial charge in [0.15, 0.2) is 5.84 Å². The highest BCUT2D eigenvalue weighted by atomic mass is 16.5. The Morgan fingerprint density at radius 2 is 1.84 bits per heavy atom. The number of hydrogen-bond donors (Lipinski definition) is 2. The quantitative estimate of drug-likeness (QED) is 0.379. The second-order valence-electron chi connectivity index (χ2n) is 4.98. The van der Waals surface area contributed by atoms with Gasteiger partial charge in [0.1, 0.15) is 11.9 Å². The van der Waals surface area contributed by atoms with E-state index >= 15 is 0 Å². The Hall–Kier alpha value is -1.75. The van der Waals surface area contributed by atoms with Crippen molar-refractivity contribution < 1.29 is 14.7 Å². The van der Waals surface area contributed by atoms with Gasteiger partial charge in [0.05, 0.1) is 12.2 Å². The molecular weight excluding hydrogens is 244 g/mol. The van der Waals surface area contributed by atoms with Crippen molar-refractivity contribution in [1.82, 2.24) is 0 Å². The fraction of sp³-hybridized carbons (Fsp3) is 0.500. The maximum atomic E-state index is 8.59. The molecule has 2 unspecified atom stereocenters. The lowest BCUT2D eigenvalue weighted by Crippen LogP contribution is -2.35. The molecule has 5 heteroatoms. The number of nitrogens with two attached hydrogens (primary N) is 1. The summed E-state index contributed by atoms with van der Waals surface area (Å²) in [5.41, 5.74) is 6.18. The summed E-state index contributed by atoms with van der Waals surface area (Å²) in [6, 6.07) is 7.21. The molecule has 1 heterocycles. The number of nitrogens with zero attached hydrogens (tertiary/aromatic N) is 1. The number of hydrogen-bond acceptors (Lipinski definition) is 4. The van der Waals surface area contributed by atoms with Crippen LogP contribution in [0.2, 0.25) is 0 Å². The third-order valence-electron chi connectivity index (χ3n) is 3.21. The summed E-state index contributed by atoms with van der Waals surface area (Å²) in [6.07, 6.45) is 2.42. The van der Waals surface area contributed by atoms with Gasteiger partial charge in [-0.3, -0.25) is 0 Å². The lowest BCUT2D eigenvalue weighted by atomic mass is 10.0. The maximum absolute atomic E-state index is 8.59. The first-order valence-corrected chi connectivity index (χ1v) is 6.48. The fourth-order valence-corrected chi connectivity index (χ4v) is 2.40. The monoisotopic (exact) mass is 264 g/mol. The van der Waals surface area contributed by atoms with Gasteiger partial charge in [0, 0.05) is 18.4 Å². The highest BCUT2D eigenvalue weighted by Crippen LogP contribution is 2.24. The zero-order valence-corrected chi connectivity index (χ0v) is 11.2. The highest BCUT2D eigenvalue weighted by Gasteiger charge is 2.25. The molecule has 1 aromatic rings. The topological polar surface area (TPSA) is 77.1 Å². The molecule has 1 aromatic carbocycles. The van der Waals surface area contributed by atoms with E-state index in [0.717, 1.165) is 18.6 Å². The van der Waals surface area contributed by atoms with E-state index in [1.807, 2.05) is 12.1 Å². The number of amidine groups is 1. The molecule has 0 bridgehead atoms. The van der Waals surface area contributed by atoms with Gasteiger partial charge in [-0.05, 0) is 38.1 Å². The summed E-state index contributed by atoms with van der Waals surface area (Å²) in [5, 5.41) is 11.6. The van der Waals surface area contributed by atoms with Gasteiger partial charge in [-0.2, -0.15) is 0 Å². The lowest BCUT2D eigenvalue weighted by molar-refractivity contribution is -0.0721. The average molecular weight is 264 g/mol. The van der Waals surface area contributed by atoms with Crippen LogP contribution in [0, 0.1) is 0 Å². The number of ether oxygens (including phenoxy) is 2. The summed E-state index contributed by atoms with van der Waals surface area (Å²) in [6.45, 7) is 4.13. The average Bonchev–Trinajstić information content (AvgIpc) is 2.37. The van der Waals surface area contributed by atoms with Crippen molar-refractivity contribution in [3.63, 3.8) is 0 Å². The Balaban J connectivity index is 1.99. The van der Waals surface area contributed by atoms with Gasteiger partial charge in [0.25, 0.3) is 0 Å². The molecule has 1 aliphatic rings. The Bertz CT molecular complexity index is 435. The summed E-state index contributed by atoms with van der Waals surface area (Å²) >= 11 is 0. The smallest absolute Gasteiger partial charge is 0.170 e. The third kappa shape index (κ3) is 3.61. The van der Waals surface area contributed by atoms with Crippen LogP contribution in [0.5, 0.6) is 5.75 Å². The standard InChI is InChI=1S/C14H20N2O3/c1-9-7-13(8-10(2)18-9)19-12-5-3-11(4-6-12)14(15)16-17/h3-6,9-10,13,17H,7-8H2,1-2H3,(H2,15,16). The predicted octanol–water partition coefficient (Wildman–Crippen LogP) is 2.12. The summed E-state index contributed by atoms with van der Waals surface area (Å²) < 4.78 is 11.6. The molecule has 1 saturated heterocycles. The summed E-state index contributed by atoms with van der Waals surface area (Å²) in [7, 11) is 0. The summed E-state index contributed by atoms with van der Waals surface area (Å²) in [4.78, 5) is 0. The van der Waals surface area contributed by atoms with Crippen molar-refractivity contribution in [1.29, 1.82) is 0 Å². The third-order valence-corrected chi connectivity index (χ3v) is 3.21. The first-order chi connectivity index (χ1) is 9.08. The number of benzene rings is 1. The maximum Gasteiger partial charge on any atom is 0.170 e.